The molecule has 2 amide bonds. The number of nitrogens with one attached hydrogen (secondary N) is 1. The fraction of sp³-hybridized carbons (Fsp3) is 0.227. The second kappa shape index (κ2) is 7.99. The summed E-state index contributed by atoms with van der Waals surface area (Å²) in [5.74, 6) is 0. The number of carbonyl (C=O) groups is 1. The van der Waals surface area contributed by atoms with E-state index < -0.39 is 0 Å². The predicted molar refractivity (Wildman–Crippen MR) is 111 cm³/mol. The molecule has 0 radical (unpaired) electrons. The van der Waals surface area contributed by atoms with E-state index >= 15 is 0 Å². The molecule has 4 nitrogen and oxygen atoms in total. The molecule has 1 aliphatic rings. The van der Waals surface area contributed by atoms with Crippen LogP contribution in [-0.4, -0.2) is 42.0 Å². The van der Waals surface area contributed by atoms with E-state index in [1.54, 1.807) is 0 Å². The first-order valence-electron chi connectivity index (χ1n) is 9.20. The van der Waals surface area contributed by atoms with Crippen molar-refractivity contribution in [3.05, 3.63) is 77.3 Å². The van der Waals surface area contributed by atoms with Gasteiger partial charge >= 0.3 is 6.03 Å². The lowest BCUT2D eigenvalue weighted by molar-refractivity contribution is 0.143. The number of hydrogen-bond donors (Lipinski definition) is 1. The van der Waals surface area contributed by atoms with Crippen LogP contribution in [0.2, 0.25) is 5.02 Å². The molecule has 5 heteroatoms. The molecule has 0 unspecified atom stereocenters. The van der Waals surface area contributed by atoms with Gasteiger partial charge in [-0.05, 0) is 23.1 Å². The van der Waals surface area contributed by atoms with Gasteiger partial charge in [-0.3, -0.25) is 4.90 Å². The molecule has 1 aliphatic heterocycles. The molecule has 3 aromatic carbocycles. The third-order valence-corrected chi connectivity index (χ3v) is 5.41. The summed E-state index contributed by atoms with van der Waals surface area (Å²) in [7, 11) is 0. The van der Waals surface area contributed by atoms with Crippen molar-refractivity contribution < 1.29 is 4.79 Å². The first-order chi connectivity index (χ1) is 13.2. The highest BCUT2D eigenvalue weighted by Crippen LogP contribution is 2.23. The molecule has 138 valence electrons. The van der Waals surface area contributed by atoms with Crippen LogP contribution in [0.25, 0.3) is 10.8 Å². The van der Waals surface area contributed by atoms with Crippen LogP contribution in [0.5, 0.6) is 0 Å². The summed E-state index contributed by atoms with van der Waals surface area (Å²) in [5.41, 5.74) is 1.99. The largest absolute Gasteiger partial charge is 0.322 e. The lowest BCUT2D eigenvalue weighted by Crippen LogP contribution is -2.49. The average molecular weight is 380 g/mol. The third kappa shape index (κ3) is 4.07. The zero-order valence-corrected chi connectivity index (χ0v) is 15.8. The van der Waals surface area contributed by atoms with E-state index in [0.717, 1.165) is 46.7 Å². The van der Waals surface area contributed by atoms with Crippen LogP contribution >= 0.6 is 11.6 Å². The summed E-state index contributed by atoms with van der Waals surface area (Å²) < 4.78 is 0. The highest BCUT2D eigenvalue weighted by atomic mass is 35.5. The Morgan fingerprint density at radius 2 is 1.59 bits per heavy atom. The van der Waals surface area contributed by atoms with E-state index in [-0.39, 0.29) is 6.03 Å². The van der Waals surface area contributed by atoms with Crippen molar-refractivity contribution in [2.75, 3.05) is 31.5 Å². The van der Waals surface area contributed by atoms with Crippen molar-refractivity contribution in [2.24, 2.45) is 0 Å². The van der Waals surface area contributed by atoms with Crippen molar-refractivity contribution in [1.82, 2.24) is 9.80 Å². The molecule has 0 bridgehead atoms. The van der Waals surface area contributed by atoms with Crippen molar-refractivity contribution in [2.45, 2.75) is 6.54 Å². The maximum Gasteiger partial charge on any atom is 0.321 e. The Labute approximate surface area is 164 Å². The van der Waals surface area contributed by atoms with Gasteiger partial charge in [-0.1, -0.05) is 66.2 Å². The molecule has 0 aromatic heterocycles. The molecule has 1 heterocycles. The predicted octanol–water partition coefficient (Wildman–Crippen LogP) is 4.84. The zero-order valence-electron chi connectivity index (χ0n) is 15.1. The number of rotatable bonds is 3. The first-order valence-corrected chi connectivity index (χ1v) is 9.58. The number of halogens is 1. The number of amides is 2. The molecule has 4 rings (SSSR count). The number of hydrogen-bond acceptors (Lipinski definition) is 2. The van der Waals surface area contributed by atoms with Crippen LogP contribution in [0, 0.1) is 0 Å². The van der Waals surface area contributed by atoms with E-state index in [0.29, 0.717) is 13.1 Å². The number of anilines is 1. The average Bonchev–Trinajstić information content (AvgIpc) is 2.70. The van der Waals surface area contributed by atoms with Gasteiger partial charge in [-0.25, -0.2) is 4.79 Å². The van der Waals surface area contributed by atoms with Crippen molar-refractivity contribution in [3.8, 4) is 0 Å². The number of urea groups is 1. The number of fused-ring (bicyclic) bond motifs is 1. The second-order valence-corrected chi connectivity index (χ2v) is 7.22. The molecule has 0 aliphatic carbocycles. The van der Waals surface area contributed by atoms with Gasteiger partial charge in [-0.15, -0.1) is 0 Å². The van der Waals surface area contributed by atoms with Crippen LogP contribution in [0.3, 0.4) is 0 Å². The fourth-order valence-electron chi connectivity index (χ4n) is 3.51. The van der Waals surface area contributed by atoms with Gasteiger partial charge in [0.05, 0.1) is 5.69 Å². The molecule has 1 N–H and O–H groups in total. The maximum absolute atomic E-state index is 12.7. The number of benzene rings is 3. The Morgan fingerprint density at radius 1 is 0.889 bits per heavy atom. The molecule has 27 heavy (non-hydrogen) atoms. The molecule has 3 aromatic rings. The second-order valence-electron chi connectivity index (χ2n) is 6.81. The van der Waals surface area contributed by atoms with E-state index in [1.807, 2.05) is 53.4 Å². The summed E-state index contributed by atoms with van der Waals surface area (Å²) in [6, 6.07) is 22.0. The smallest absolute Gasteiger partial charge is 0.321 e. The van der Waals surface area contributed by atoms with Gasteiger partial charge in [0.25, 0.3) is 0 Å². The highest BCUT2D eigenvalue weighted by Gasteiger charge is 2.22. The maximum atomic E-state index is 12.7. The van der Waals surface area contributed by atoms with Crippen LogP contribution in [-0.2, 0) is 6.54 Å². The van der Waals surface area contributed by atoms with Crippen LogP contribution in [0.4, 0.5) is 10.5 Å². The Hall–Kier alpha value is -2.56. The van der Waals surface area contributed by atoms with Crippen LogP contribution < -0.4 is 5.32 Å². The van der Waals surface area contributed by atoms with Gasteiger partial charge in [0.2, 0.25) is 0 Å². The quantitative estimate of drug-likeness (QED) is 0.706. The minimum Gasteiger partial charge on any atom is -0.322 e. The number of piperazine rings is 1. The van der Waals surface area contributed by atoms with Crippen molar-refractivity contribution in [3.63, 3.8) is 0 Å². The number of carbonyl (C=O) groups excluding carboxylic acids is 1. The molecule has 0 atom stereocenters. The van der Waals surface area contributed by atoms with E-state index in [9.17, 15) is 4.79 Å². The molecular formula is C22H22ClN3O. The SMILES string of the molecule is O=C(Nc1cccc2ccccc12)N1CCN(Cc2ccccc2Cl)CC1. The van der Waals surface area contributed by atoms with E-state index in [2.05, 4.69) is 28.4 Å². The minimum absolute atomic E-state index is 0.0382. The van der Waals surface area contributed by atoms with Gasteiger partial charge < -0.3 is 10.2 Å². The van der Waals surface area contributed by atoms with Gasteiger partial charge in [0.1, 0.15) is 0 Å². The highest BCUT2D eigenvalue weighted by molar-refractivity contribution is 6.31. The Balaban J connectivity index is 1.37. The van der Waals surface area contributed by atoms with Crippen molar-refractivity contribution >= 4 is 34.1 Å². The normalized spacial score (nSPS) is 15.1. The van der Waals surface area contributed by atoms with Gasteiger partial charge in [0.15, 0.2) is 0 Å². The molecule has 0 spiro atoms. The first kappa shape index (κ1) is 17.8. The summed E-state index contributed by atoms with van der Waals surface area (Å²) in [4.78, 5) is 16.9. The molecule has 0 saturated carbocycles. The Morgan fingerprint density at radius 3 is 2.41 bits per heavy atom. The van der Waals surface area contributed by atoms with Gasteiger partial charge in [-0.2, -0.15) is 0 Å². The molecule has 1 saturated heterocycles. The van der Waals surface area contributed by atoms with E-state index in [1.165, 1.54) is 0 Å². The lowest BCUT2D eigenvalue weighted by Gasteiger charge is -2.34. The van der Waals surface area contributed by atoms with E-state index in [4.69, 9.17) is 11.6 Å². The Kier molecular flexibility index (Phi) is 5.28. The van der Waals surface area contributed by atoms with Crippen LogP contribution in [0.15, 0.2) is 66.7 Å². The number of nitrogens with zero attached hydrogens (tertiary/aromatic N) is 2. The lowest BCUT2D eigenvalue weighted by atomic mass is 10.1. The standard InChI is InChI=1S/C22H22ClN3O/c23-20-10-4-2-7-18(20)16-25-12-14-26(15-13-25)22(27)24-21-11-5-8-17-6-1-3-9-19(17)21/h1-11H,12-16H2,(H,24,27). The monoisotopic (exact) mass is 379 g/mol. The Bertz CT molecular complexity index is 946. The summed E-state index contributed by atoms with van der Waals surface area (Å²) >= 11 is 6.26. The summed E-state index contributed by atoms with van der Waals surface area (Å²) in [6.07, 6.45) is 0. The van der Waals surface area contributed by atoms with Crippen LogP contribution in [0.1, 0.15) is 5.56 Å². The summed E-state index contributed by atoms with van der Waals surface area (Å²) in [5, 5.41) is 6.06. The summed E-state index contributed by atoms with van der Waals surface area (Å²) in [6.45, 7) is 3.92. The fourth-order valence-corrected chi connectivity index (χ4v) is 3.70. The third-order valence-electron chi connectivity index (χ3n) is 5.04. The zero-order chi connectivity index (χ0) is 18.6. The minimum atomic E-state index is -0.0382. The molecule has 1 fully saturated rings. The molecular weight excluding hydrogens is 358 g/mol. The van der Waals surface area contributed by atoms with Crippen molar-refractivity contribution in [1.29, 1.82) is 0 Å². The topological polar surface area (TPSA) is 35.6 Å². The van der Waals surface area contributed by atoms with Gasteiger partial charge in [0, 0.05) is 43.1 Å².